The van der Waals surface area contributed by atoms with Crippen molar-refractivity contribution >= 4 is 5.97 Å². The highest BCUT2D eigenvalue weighted by Gasteiger charge is 2.32. The van der Waals surface area contributed by atoms with Gasteiger partial charge in [-0.3, -0.25) is 0 Å². The molecule has 0 aromatic heterocycles. The molecule has 2 aromatic carbocycles. The maximum atomic E-state index is 12.2. The standard InChI is InChI=1S/C33H48O3/c1-15-29(35)36-28-19-24(31(6,7)8)22(17-26(28)33(12,13)14)20(2)21-16-25(32(9,10)11)27(34)18-23(21)30(3,4)5/h15-20,34H,1H2,2-14H3. The van der Waals surface area contributed by atoms with Crippen LogP contribution in [0.4, 0.5) is 0 Å². The zero-order valence-electron chi connectivity index (χ0n) is 24.9. The molecule has 0 bridgehead atoms. The van der Waals surface area contributed by atoms with Crippen LogP contribution >= 0.6 is 0 Å². The highest BCUT2D eigenvalue weighted by molar-refractivity contribution is 5.83. The van der Waals surface area contributed by atoms with Gasteiger partial charge in [-0.1, -0.05) is 109 Å². The summed E-state index contributed by atoms with van der Waals surface area (Å²) >= 11 is 0. The average molecular weight is 493 g/mol. The summed E-state index contributed by atoms with van der Waals surface area (Å²) in [7, 11) is 0. The minimum atomic E-state index is -0.454. The average Bonchev–Trinajstić information content (AvgIpc) is 2.69. The maximum absolute atomic E-state index is 12.2. The zero-order valence-corrected chi connectivity index (χ0v) is 24.9. The Morgan fingerprint density at radius 1 is 0.722 bits per heavy atom. The van der Waals surface area contributed by atoms with Gasteiger partial charge in [0.25, 0.3) is 0 Å². The lowest BCUT2D eigenvalue weighted by Gasteiger charge is -2.34. The fourth-order valence-electron chi connectivity index (χ4n) is 4.81. The molecule has 2 rings (SSSR count). The van der Waals surface area contributed by atoms with Crippen LogP contribution in [0.3, 0.4) is 0 Å². The number of esters is 1. The Morgan fingerprint density at radius 2 is 1.11 bits per heavy atom. The van der Waals surface area contributed by atoms with Gasteiger partial charge in [-0.25, -0.2) is 4.79 Å². The molecule has 3 nitrogen and oxygen atoms in total. The summed E-state index contributed by atoms with van der Waals surface area (Å²) in [5, 5.41) is 11.0. The zero-order chi connectivity index (χ0) is 28.0. The Balaban J connectivity index is 2.98. The molecule has 0 fully saturated rings. The topological polar surface area (TPSA) is 46.5 Å². The monoisotopic (exact) mass is 492 g/mol. The third kappa shape index (κ3) is 6.41. The molecule has 0 aliphatic heterocycles. The molecule has 0 radical (unpaired) electrons. The number of rotatable bonds is 4. The van der Waals surface area contributed by atoms with Crippen molar-refractivity contribution in [3.63, 3.8) is 0 Å². The summed E-state index contributed by atoms with van der Waals surface area (Å²) in [4.78, 5) is 12.2. The highest BCUT2D eigenvalue weighted by Crippen LogP contribution is 2.45. The van der Waals surface area contributed by atoms with Crippen molar-refractivity contribution in [3.8, 4) is 11.5 Å². The lowest BCUT2D eigenvalue weighted by molar-refractivity contribution is -0.129. The van der Waals surface area contributed by atoms with E-state index in [-0.39, 0.29) is 27.6 Å². The molecular formula is C33H48O3. The van der Waals surface area contributed by atoms with Crippen LogP contribution in [0.2, 0.25) is 0 Å². The largest absolute Gasteiger partial charge is 0.508 e. The Bertz CT molecular complexity index is 1140. The molecule has 2 aromatic rings. The molecule has 0 amide bonds. The first-order valence-corrected chi connectivity index (χ1v) is 13.0. The Kier molecular flexibility index (Phi) is 8.02. The van der Waals surface area contributed by atoms with Crippen LogP contribution in [0.5, 0.6) is 11.5 Å². The van der Waals surface area contributed by atoms with E-state index < -0.39 is 5.97 Å². The van der Waals surface area contributed by atoms with Crippen LogP contribution in [-0.4, -0.2) is 11.1 Å². The number of hydrogen-bond donors (Lipinski definition) is 1. The molecule has 0 aliphatic rings. The van der Waals surface area contributed by atoms with Crippen LogP contribution < -0.4 is 4.74 Å². The number of benzene rings is 2. The van der Waals surface area contributed by atoms with Crippen molar-refractivity contribution < 1.29 is 14.6 Å². The third-order valence-corrected chi connectivity index (χ3v) is 6.86. The van der Waals surface area contributed by atoms with Gasteiger partial charge in [0.2, 0.25) is 0 Å². The quantitative estimate of drug-likeness (QED) is 0.263. The van der Waals surface area contributed by atoms with E-state index in [1.165, 1.54) is 17.2 Å². The second kappa shape index (κ2) is 9.72. The van der Waals surface area contributed by atoms with Gasteiger partial charge in [-0.2, -0.15) is 0 Å². The molecule has 198 valence electrons. The number of ether oxygens (including phenoxy) is 1. The van der Waals surface area contributed by atoms with E-state index in [1.807, 2.05) is 6.07 Å². The van der Waals surface area contributed by atoms with Gasteiger partial charge in [0.15, 0.2) is 0 Å². The van der Waals surface area contributed by atoms with Crippen molar-refractivity contribution in [3.05, 3.63) is 70.3 Å². The van der Waals surface area contributed by atoms with Crippen LogP contribution in [0.15, 0.2) is 36.9 Å². The van der Waals surface area contributed by atoms with Crippen LogP contribution in [-0.2, 0) is 26.5 Å². The summed E-state index contributed by atoms with van der Waals surface area (Å²) in [6.45, 7) is 31.8. The molecule has 36 heavy (non-hydrogen) atoms. The number of hydrogen-bond acceptors (Lipinski definition) is 3. The van der Waals surface area contributed by atoms with Gasteiger partial charge in [-0.15, -0.1) is 0 Å². The number of phenolic OH excluding ortho intramolecular Hbond substituents is 1. The highest BCUT2D eigenvalue weighted by atomic mass is 16.5. The minimum absolute atomic E-state index is 0.0559. The van der Waals surface area contributed by atoms with Crippen LogP contribution in [0.1, 0.15) is 129 Å². The van der Waals surface area contributed by atoms with E-state index in [9.17, 15) is 9.90 Å². The van der Waals surface area contributed by atoms with E-state index in [1.54, 1.807) is 0 Å². The minimum Gasteiger partial charge on any atom is -0.508 e. The smallest absolute Gasteiger partial charge is 0.335 e. The molecule has 1 atom stereocenters. The van der Waals surface area contributed by atoms with E-state index >= 15 is 0 Å². The maximum Gasteiger partial charge on any atom is 0.335 e. The van der Waals surface area contributed by atoms with E-state index in [0.29, 0.717) is 11.5 Å². The Hall–Kier alpha value is -2.55. The molecule has 1 N–H and O–H groups in total. The van der Waals surface area contributed by atoms with E-state index in [0.717, 1.165) is 22.3 Å². The number of carbonyl (C=O) groups excluding carboxylic acids is 1. The first kappa shape index (κ1) is 29.7. The lowest BCUT2D eigenvalue weighted by Crippen LogP contribution is -2.23. The predicted octanol–water partition coefficient (Wildman–Crippen LogP) is 8.83. The Labute approximate surface area is 220 Å². The van der Waals surface area contributed by atoms with E-state index in [4.69, 9.17) is 4.74 Å². The van der Waals surface area contributed by atoms with Gasteiger partial charge in [0.1, 0.15) is 11.5 Å². The van der Waals surface area contributed by atoms with Gasteiger partial charge in [-0.05, 0) is 61.6 Å². The molecule has 0 saturated carbocycles. The normalized spacial score (nSPS) is 13.9. The molecule has 0 saturated heterocycles. The second-order valence-corrected chi connectivity index (χ2v) is 14.2. The third-order valence-electron chi connectivity index (χ3n) is 6.86. The fraction of sp³-hybridized carbons (Fsp3) is 0.545. The molecule has 0 heterocycles. The summed E-state index contributed by atoms with van der Waals surface area (Å²) < 4.78 is 5.76. The predicted molar refractivity (Wildman–Crippen MR) is 153 cm³/mol. The van der Waals surface area contributed by atoms with Crippen molar-refractivity contribution in [2.75, 3.05) is 0 Å². The van der Waals surface area contributed by atoms with Crippen molar-refractivity contribution in [2.45, 2.75) is 118 Å². The first-order chi connectivity index (χ1) is 16.1. The van der Waals surface area contributed by atoms with Gasteiger partial charge in [0, 0.05) is 17.6 Å². The van der Waals surface area contributed by atoms with Gasteiger partial charge >= 0.3 is 5.97 Å². The number of phenols is 1. The van der Waals surface area contributed by atoms with Crippen LogP contribution in [0, 0.1) is 0 Å². The van der Waals surface area contributed by atoms with Crippen LogP contribution in [0.25, 0.3) is 0 Å². The molecular weight excluding hydrogens is 444 g/mol. The summed E-state index contributed by atoms with van der Waals surface area (Å²) in [5.74, 6) is 0.539. The van der Waals surface area contributed by atoms with Crippen molar-refractivity contribution in [2.24, 2.45) is 0 Å². The summed E-state index contributed by atoms with van der Waals surface area (Å²) in [6, 6.07) is 8.45. The van der Waals surface area contributed by atoms with Crippen molar-refractivity contribution in [1.29, 1.82) is 0 Å². The van der Waals surface area contributed by atoms with E-state index in [2.05, 4.69) is 115 Å². The lowest BCUT2D eigenvalue weighted by atomic mass is 9.71. The molecule has 0 aliphatic carbocycles. The van der Waals surface area contributed by atoms with Gasteiger partial charge < -0.3 is 9.84 Å². The SMILES string of the molecule is C=CC(=O)Oc1cc(C(C)(C)C)c(C(C)c2cc(C(C)(C)C)c(O)cc2C(C)(C)C)cc1C(C)(C)C. The molecule has 0 spiro atoms. The first-order valence-electron chi connectivity index (χ1n) is 13.0. The summed E-state index contributed by atoms with van der Waals surface area (Å²) in [5.41, 5.74) is 5.88. The second-order valence-electron chi connectivity index (χ2n) is 14.2. The number of aromatic hydroxyl groups is 1. The molecule has 3 heteroatoms. The number of carbonyl (C=O) groups is 1. The fourth-order valence-corrected chi connectivity index (χ4v) is 4.81. The Morgan fingerprint density at radius 3 is 1.50 bits per heavy atom. The van der Waals surface area contributed by atoms with Gasteiger partial charge in [0.05, 0.1) is 0 Å². The molecule has 1 unspecified atom stereocenters. The van der Waals surface area contributed by atoms with Crippen molar-refractivity contribution in [1.82, 2.24) is 0 Å². The summed E-state index contributed by atoms with van der Waals surface area (Å²) in [6.07, 6.45) is 1.21.